The van der Waals surface area contributed by atoms with E-state index in [1.54, 1.807) is 18.7 Å². The summed E-state index contributed by atoms with van der Waals surface area (Å²) < 4.78 is 10.0. The van der Waals surface area contributed by atoms with E-state index in [9.17, 15) is 9.59 Å². The van der Waals surface area contributed by atoms with Gasteiger partial charge in [-0.1, -0.05) is 0 Å². The van der Waals surface area contributed by atoms with E-state index >= 15 is 0 Å². The molecule has 1 saturated heterocycles. The van der Waals surface area contributed by atoms with Crippen LogP contribution in [-0.2, 0) is 19.1 Å². The Hall–Kier alpha value is -1.14. The predicted octanol–water partition coefficient (Wildman–Crippen LogP) is -0.223. The van der Waals surface area contributed by atoms with Gasteiger partial charge in [-0.15, -0.1) is 0 Å². The van der Waals surface area contributed by atoms with Crippen molar-refractivity contribution in [1.29, 1.82) is 0 Å². The topological polar surface area (TPSA) is 67.9 Å². The van der Waals surface area contributed by atoms with Gasteiger partial charge in [-0.25, -0.2) is 0 Å². The van der Waals surface area contributed by atoms with E-state index in [2.05, 4.69) is 5.32 Å². The number of ether oxygens (including phenoxy) is 2. The van der Waals surface area contributed by atoms with Crippen LogP contribution in [0.15, 0.2) is 0 Å². The molecule has 0 aromatic carbocycles. The largest absolute Gasteiger partial charge is 0.465 e. The number of morpholine rings is 1. The summed E-state index contributed by atoms with van der Waals surface area (Å²) in [4.78, 5) is 24.9. The third-order valence-electron chi connectivity index (χ3n) is 2.79. The number of nitrogens with one attached hydrogen (secondary N) is 1. The second-order valence-electron chi connectivity index (χ2n) is 4.17. The monoisotopic (exact) mass is 258 g/mol. The van der Waals surface area contributed by atoms with Crippen molar-refractivity contribution in [3.8, 4) is 0 Å². The maximum atomic E-state index is 11.8. The molecule has 0 saturated carbocycles. The summed E-state index contributed by atoms with van der Waals surface area (Å²) in [5, 5.41) is 2.98. The van der Waals surface area contributed by atoms with Crippen LogP contribution in [0.2, 0.25) is 0 Å². The van der Waals surface area contributed by atoms with Gasteiger partial charge in [0.15, 0.2) is 0 Å². The zero-order valence-corrected chi connectivity index (χ0v) is 11.1. The molecule has 1 rings (SSSR count). The van der Waals surface area contributed by atoms with Gasteiger partial charge in [-0.3, -0.25) is 9.59 Å². The van der Waals surface area contributed by atoms with Crippen LogP contribution in [0.25, 0.3) is 0 Å². The minimum absolute atomic E-state index is 0.0989. The third-order valence-corrected chi connectivity index (χ3v) is 2.79. The summed E-state index contributed by atoms with van der Waals surface area (Å²) in [6.07, 6.45) is 0.393. The van der Waals surface area contributed by atoms with E-state index in [1.807, 2.05) is 0 Å². The molecule has 0 aromatic rings. The second kappa shape index (κ2) is 8.05. The van der Waals surface area contributed by atoms with Crippen molar-refractivity contribution >= 4 is 11.9 Å². The predicted molar refractivity (Wildman–Crippen MR) is 66.1 cm³/mol. The first-order chi connectivity index (χ1) is 8.65. The van der Waals surface area contributed by atoms with E-state index in [4.69, 9.17) is 9.47 Å². The Kier molecular flexibility index (Phi) is 6.67. The van der Waals surface area contributed by atoms with Crippen molar-refractivity contribution < 1.29 is 19.1 Å². The molecule has 104 valence electrons. The lowest BCUT2D eigenvalue weighted by Gasteiger charge is -2.27. The third kappa shape index (κ3) is 5.01. The lowest BCUT2D eigenvalue weighted by atomic mass is 10.3. The van der Waals surface area contributed by atoms with Gasteiger partial charge in [0.25, 0.3) is 0 Å². The van der Waals surface area contributed by atoms with Gasteiger partial charge >= 0.3 is 5.97 Å². The number of rotatable bonds is 6. The van der Waals surface area contributed by atoms with Crippen LogP contribution in [0.4, 0.5) is 0 Å². The van der Waals surface area contributed by atoms with E-state index in [0.717, 1.165) is 0 Å². The Morgan fingerprint density at radius 2 is 2.06 bits per heavy atom. The average molecular weight is 258 g/mol. The Morgan fingerprint density at radius 3 is 2.67 bits per heavy atom. The first-order valence-electron chi connectivity index (χ1n) is 6.40. The van der Waals surface area contributed by atoms with Gasteiger partial charge < -0.3 is 19.7 Å². The summed E-state index contributed by atoms with van der Waals surface area (Å²) in [6, 6.07) is -0.373. The highest BCUT2D eigenvalue weighted by molar-refractivity contribution is 5.77. The lowest BCUT2D eigenvalue weighted by Crippen LogP contribution is -2.43. The molecule has 6 heteroatoms. The molecule has 1 fully saturated rings. The molecule has 1 amide bonds. The van der Waals surface area contributed by atoms with Crippen LogP contribution in [0.3, 0.4) is 0 Å². The standard InChI is InChI=1S/C12H22N2O4/c1-3-18-12(16)10(2)13-5-4-11(15)14-6-8-17-9-7-14/h10,13H,3-9H2,1-2H3. The zero-order valence-electron chi connectivity index (χ0n) is 11.1. The molecule has 1 unspecified atom stereocenters. The number of hydrogen-bond donors (Lipinski definition) is 1. The van der Waals surface area contributed by atoms with Gasteiger partial charge in [0.2, 0.25) is 5.91 Å². The molecule has 1 atom stereocenters. The van der Waals surface area contributed by atoms with E-state index in [1.165, 1.54) is 0 Å². The molecule has 0 bridgehead atoms. The van der Waals surface area contributed by atoms with Crippen LogP contribution >= 0.6 is 0 Å². The minimum atomic E-state index is -0.373. The number of carbonyl (C=O) groups excluding carboxylic acids is 2. The van der Waals surface area contributed by atoms with Crippen molar-refractivity contribution in [1.82, 2.24) is 10.2 Å². The van der Waals surface area contributed by atoms with Crippen LogP contribution in [0, 0.1) is 0 Å². The molecule has 1 heterocycles. The first-order valence-corrected chi connectivity index (χ1v) is 6.40. The number of amides is 1. The highest BCUT2D eigenvalue weighted by Gasteiger charge is 2.17. The molecular weight excluding hydrogens is 236 g/mol. The average Bonchev–Trinajstić information content (AvgIpc) is 2.39. The highest BCUT2D eigenvalue weighted by Crippen LogP contribution is 1.99. The van der Waals surface area contributed by atoms with Crippen LogP contribution < -0.4 is 5.32 Å². The Balaban J connectivity index is 2.16. The molecule has 18 heavy (non-hydrogen) atoms. The summed E-state index contributed by atoms with van der Waals surface area (Å²) in [7, 11) is 0. The molecule has 0 radical (unpaired) electrons. The SMILES string of the molecule is CCOC(=O)C(C)NCCC(=O)N1CCOCC1. The van der Waals surface area contributed by atoms with Crippen LogP contribution in [0.1, 0.15) is 20.3 Å². The number of carbonyl (C=O) groups is 2. The van der Waals surface area contributed by atoms with Crippen molar-refractivity contribution in [3.05, 3.63) is 0 Å². The van der Waals surface area contributed by atoms with Crippen LogP contribution in [-0.4, -0.2) is 62.3 Å². The Morgan fingerprint density at radius 1 is 1.39 bits per heavy atom. The molecule has 1 aliphatic heterocycles. The normalized spacial score (nSPS) is 17.3. The van der Waals surface area contributed by atoms with Gasteiger partial charge in [0, 0.05) is 26.1 Å². The van der Waals surface area contributed by atoms with Gasteiger partial charge in [0.1, 0.15) is 6.04 Å². The molecular formula is C12H22N2O4. The Bertz CT molecular complexity index is 277. The van der Waals surface area contributed by atoms with Crippen molar-refractivity contribution in [2.24, 2.45) is 0 Å². The zero-order chi connectivity index (χ0) is 13.4. The van der Waals surface area contributed by atoms with E-state index < -0.39 is 0 Å². The summed E-state index contributed by atoms with van der Waals surface area (Å²) in [5.41, 5.74) is 0. The maximum Gasteiger partial charge on any atom is 0.322 e. The van der Waals surface area contributed by atoms with Crippen molar-refractivity contribution in [2.75, 3.05) is 39.5 Å². The molecule has 6 nitrogen and oxygen atoms in total. The summed E-state index contributed by atoms with van der Waals surface area (Å²) in [6.45, 7) is 6.90. The van der Waals surface area contributed by atoms with E-state index in [0.29, 0.717) is 45.9 Å². The number of esters is 1. The first kappa shape index (κ1) is 14.9. The summed E-state index contributed by atoms with van der Waals surface area (Å²) in [5.74, 6) is -0.182. The van der Waals surface area contributed by atoms with Gasteiger partial charge in [0.05, 0.1) is 19.8 Å². The number of hydrogen-bond acceptors (Lipinski definition) is 5. The second-order valence-corrected chi connectivity index (χ2v) is 4.17. The fraction of sp³-hybridized carbons (Fsp3) is 0.833. The van der Waals surface area contributed by atoms with E-state index in [-0.39, 0.29) is 17.9 Å². The number of nitrogens with zero attached hydrogens (tertiary/aromatic N) is 1. The summed E-state index contributed by atoms with van der Waals surface area (Å²) >= 11 is 0. The van der Waals surface area contributed by atoms with Crippen molar-refractivity contribution in [3.63, 3.8) is 0 Å². The highest BCUT2D eigenvalue weighted by atomic mass is 16.5. The maximum absolute atomic E-state index is 11.8. The molecule has 0 aromatic heterocycles. The quantitative estimate of drug-likeness (QED) is 0.667. The van der Waals surface area contributed by atoms with Crippen LogP contribution in [0.5, 0.6) is 0 Å². The van der Waals surface area contributed by atoms with Gasteiger partial charge in [-0.05, 0) is 13.8 Å². The molecule has 0 aliphatic carbocycles. The Labute approximate surface area is 108 Å². The fourth-order valence-electron chi connectivity index (χ4n) is 1.72. The molecule has 0 spiro atoms. The lowest BCUT2D eigenvalue weighted by molar-refractivity contribution is -0.145. The smallest absolute Gasteiger partial charge is 0.322 e. The molecule has 1 N–H and O–H groups in total. The van der Waals surface area contributed by atoms with Crippen molar-refractivity contribution in [2.45, 2.75) is 26.3 Å². The minimum Gasteiger partial charge on any atom is -0.465 e. The molecule has 1 aliphatic rings. The fourth-order valence-corrected chi connectivity index (χ4v) is 1.72. The van der Waals surface area contributed by atoms with Gasteiger partial charge in [-0.2, -0.15) is 0 Å².